The molecule has 2 heteroatoms. The molecule has 0 fully saturated rings. The Morgan fingerprint density at radius 3 is 2.08 bits per heavy atom. The largest absolute Gasteiger partial charge is 0.247 e. The second-order valence-electron chi connectivity index (χ2n) is 5.71. The maximum absolute atomic E-state index is 4.98. The third-order valence-electron chi connectivity index (χ3n) is 4.11. The summed E-state index contributed by atoms with van der Waals surface area (Å²) in [6.45, 7) is 2.20. The first-order valence-electron chi connectivity index (χ1n) is 8.00. The van der Waals surface area contributed by atoms with Gasteiger partial charge in [-0.15, -0.1) is 0 Å². The molecule has 4 rings (SSSR count). The van der Waals surface area contributed by atoms with E-state index >= 15 is 0 Å². The molecule has 0 saturated carbocycles. The van der Waals surface area contributed by atoms with Crippen molar-refractivity contribution in [3.8, 4) is 11.3 Å². The highest BCUT2D eigenvalue weighted by Crippen LogP contribution is 2.39. The van der Waals surface area contributed by atoms with Gasteiger partial charge in [-0.05, 0) is 30.7 Å². The lowest BCUT2D eigenvalue weighted by Crippen LogP contribution is -1.94. The molecule has 116 valence electrons. The van der Waals surface area contributed by atoms with Crippen molar-refractivity contribution in [1.29, 1.82) is 0 Å². The van der Waals surface area contributed by atoms with E-state index < -0.39 is 0 Å². The van der Waals surface area contributed by atoms with Crippen LogP contribution in [0.1, 0.15) is 5.56 Å². The number of aryl methyl sites for hydroxylation is 1. The zero-order valence-corrected chi connectivity index (χ0v) is 14.3. The van der Waals surface area contributed by atoms with Crippen LogP contribution in [0.25, 0.3) is 22.2 Å². The van der Waals surface area contributed by atoms with Crippen LogP contribution < -0.4 is 0 Å². The van der Waals surface area contributed by atoms with Gasteiger partial charge in [0.2, 0.25) is 0 Å². The van der Waals surface area contributed by atoms with E-state index in [9.17, 15) is 0 Å². The van der Waals surface area contributed by atoms with E-state index in [-0.39, 0.29) is 0 Å². The standard InChI is InChI=1S/C22H17NS/c1-16-19-14-8-9-15-20(19)23-21(17-10-4-2-5-11-17)22(16)24-18-12-6-3-7-13-18/h2-15H,1H3. The summed E-state index contributed by atoms with van der Waals surface area (Å²) in [6.07, 6.45) is 0. The molecule has 0 bridgehead atoms. The quantitative estimate of drug-likeness (QED) is 0.434. The highest BCUT2D eigenvalue weighted by molar-refractivity contribution is 7.99. The normalized spacial score (nSPS) is 10.9. The molecule has 0 N–H and O–H groups in total. The van der Waals surface area contributed by atoms with Crippen molar-refractivity contribution in [3.63, 3.8) is 0 Å². The van der Waals surface area contributed by atoms with Gasteiger partial charge in [0, 0.05) is 20.7 Å². The fraction of sp³-hybridized carbons (Fsp3) is 0.0455. The van der Waals surface area contributed by atoms with E-state index in [1.165, 1.54) is 20.7 Å². The van der Waals surface area contributed by atoms with Gasteiger partial charge >= 0.3 is 0 Å². The van der Waals surface area contributed by atoms with Crippen LogP contribution in [0.15, 0.2) is 94.7 Å². The van der Waals surface area contributed by atoms with Gasteiger partial charge in [0.15, 0.2) is 0 Å². The predicted octanol–water partition coefficient (Wildman–Crippen LogP) is 6.36. The Morgan fingerprint density at radius 1 is 0.708 bits per heavy atom. The molecule has 0 aliphatic carbocycles. The van der Waals surface area contributed by atoms with E-state index in [2.05, 4.69) is 73.7 Å². The molecule has 1 aromatic heterocycles. The third-order valence-corrected chi connectivity index (χ3v) is 5.32. The minimum atomic E-state index is 1.05. The summed E-state index contributed by atoms with van der Waals surface area (Å²) in [5, 5.41) is 1.22. The van der Waals surface area contributed by atoms with Crippen LogP contribution in [0.2, 0.25) is 0 Å². The second-order valence-corrected chi connectivity index (χ2v) is 6.80. The van der Waals surface area contributed by atoms with E-state index in [0.29, 0.717) is 0 Å². The topological polar surface area (TPSA) is 12.9 Å². The minimum Gasteiger partial charge on any atom is -0.247 e. The van der Waals surface area contributed by atoms with Crippen LogP contribution in [-0.4, -0.2) is 4.98 Å². The van der Waals surface area contributed by atoms with Crippen molar-refractivity contribution in [2.75, 3.05) is 0 Å². The summed E-state index contributed by atoms with van der Waals surface area (Å²) >= 11 is 1.79. The Bertz CT molecular complexity index is 979. The lowest BCUT2D eigenvalue weighted by molar-refractivity contribution is 1.23. The van der Waals surface area contributed by atoms with Gasteiger partial charge in [0.05, 0.1) is 11.2 Å². The molecule has 4 aromatic rings. The lowest BCUT2D eigenvalue weighted by Gasteiger charge is -2.14. The third kappa shape index (κ3) is 2.81. The fourth-order valence-electron chi connectivity index (χ4n) is 2.88. The molecule has 0 amide bonds. The Morgan fingerprint density at radius 2 is 1.33 bits per heavy atom. The highest BCUT2D eigenvalue weighted by atomic mass is 32.2. The van der Waals surface area contributed by atoms with Crippen LogP contribution in [0, 0.1) is 6.92 Å². The van der Waals surface area contributed by atoms with Gasteiger partial charge in [-0.25, -0.2) is 4.98 Å². The van der Waals surface area contributed by atoms with Gasteiger partial charge < -0.3 is 0 Å². The zero-order valence-electron chi connectivity index (χ0n) is 13.4. The highest BCUT2D eigenvalue weighted by Gasteiger charge is 2.14. The molecule has 1 heterocycles. The Hall–Kier alpha value is -2.58. The fourth-order valence-corrected chi connectivity index (χ4v) is 3.93. The van der Waals surface area contributed by atoms with Crippen molar-refractivity contribution < 1.29 is 0 Å². The molecule has 0 radical (unpaired) electrons. The summed E-state index contributed by atoms with van der Waals surface area (Å²) in [5.74, 6) is 0. The average Bonchev–Trinajstić information content (AvgIpc) is 2.65. The van der Waals surface area contributed by atoms with Crippen LogP contribution in [0.5, 0.6) is 0 Å². The van der Waals surface area contributed by atoms with Crippen molar-refractivity contribution >= 4 is 22.7 Å². The van der Waals surface area contributed by atoms with Crippen molar-refractivity contribution in [1.82, 2.24) is 4.98 Å². The van der Waals surface area contributed by atoms with Crippen LogP contribution in [0.4, 0.5) is 0 Å². The van der Waals surface area contributed by atoms with Crippen molar-refractivity contribution in [2.45, 2.75) is 16.7 Å². The first-order chi connectivity index (χ1) is 11.8. The molecule has 1 nitrogen and oxygen atoms in total. The Labute approximate surface area is 146 Å². The molecular formula is C22H17NS. The number of para-hydroxylation sites is 1. The van der Waals surface area contributed by atoms with E-state index in [1.54, 1.807) is 11.8 Å². The first kappa shape index (κ1) is 15.0. The van der Waals surface area contributed by atoms with Gasteiger partial charge in [0.1, 0.15) is 0 Å². The summed E-state index contributed by atoms with van der Waals surface area (Å²) < 4.78 is 0. The maximum atomic E-state index is 4.98. The number of nitrogens with zero attached hydrogens (tertiary/aromatic N) is 1. The molecule has 0 aliphatic heterocycles. The van der Waals surface area contributed by atoms with Gasteiger partial charge in [-0.3, -0.25) is 0 Å². The van der Waals surface area contributed by atoms with Gasteiger partial charge in [-0.1, -0.05) is 78.5 Å². The zero-order chi connectivity index (χ0) is 16.4. The first-order valence-corrected chi connectivity index (χ1v) is 8.82. The molecule has 0 aliphatic rings. The number of hydrogen-bond donors (Lipinski definition) is 0. The molecular weight excluding hydrogens is 310 g/mol. The number of fused-ring (bicyclic) bond motifs is 1. The van der Waals surface area contributed by atoms with Gasteiger partial charge in [0.25, 0.3) is 0 Å². The predicted molar refractivity (Wildman–Crippen MR) is 102 cm³/mol. The van der Waals surface area contributed by atoms with E-state index in [4.69, 9.17) is 4.98 Å². The van der Waals surface area contributed by atoms with Crippen molar-refractivity contribution in [2.24, 2.45) is 0 Å². The molecule has 0 saturated heterocycles. The number of benzene rings is 3. The van der Waals surface area contributed by atoms with E-state index in [0.717, 1.165) is 16.8 Å². The van der Waals surface area contributed by atoms with Crippen molar-refractivity contribution in [3.05, 3.63) is 90.5 Å². The van der Waals surface area contributed by atoms with Crippen LogP contribution in [-0.2, 0) is 0 Å². The lowest BCUT2D eigenvalue weighted by atomic mass is 10.0. The van der Waals surface area contributed by atoms with Crippen LogP contribution in [0.3, 0.4) is 0 Å². The molecule has 24 heavy (non-hydrogen) atoms. The average molecular weight is 327 g/mol. The molecule has 3 aromatic carbocycles. The summed E-state index contributed by atoms with van der Waals surface area (Å²) in [4.78, 5) is 7.44. The second kappa shape index (κ2) is 6.50. The summed E-state index contributed by atoms with van der Waals surface area (Å²) in [7, 11) is 0. The SMILES string of the molecule is Cc1c(Sc2ccccc2)c(-c2ccccc2)nc2ccccc12. The smallest absolute Gasteiger partial charge is 0.0851 e. The van der Waals surface area contributed by atoms with E-state index in [1.807, 2.05) is 18.2 Å². The number of hydrogen-bond acceptors (Lipinski definition) is 2. The monoisotopic (exact) mass is 327 g/mol. The summed E-state index contributed by atoms with van der Waals surface area (Å²) in [6, 6.07) is 29.3. The number of pyridine rings is 1. The molecule has 0 unspecified atom stereocenters. The number of rotatable bonds is 3. The Balaban J connectivity index is 1.96. The molecule has 0 atom stereocenters. The maximum Gasteiger partial charge on any atom is 0.0851 e. The van der Waals surface area contributed by atoms with Crippen LogP contribution >= 0.6 is 11.8 Å². The summed E-state index contributed by atoms with van der Waals surface area (Å²) in [5.41, 5.74) is 4.55. The van der Waals surface area contributed by atoms with Gasteiger partial charge in [-0.2, -0.15) is 0 Å². The number of aromatic nitrogens is 1. The molecule has 0 spiro atoms. The minimum absolute atomic E-state index is 1.05. The Kier molecular flexibility index (Phi) is 4.06.